The summed E-state index contributed by atoms with van der Waals surface area (Å²) in [6.07, 6.45) is 0. The van der Waals surface area contributed by atoms with Gasteiger partial charge in [-0.05, 0) is 24.3 Å². The van der Waals surface area contributed by atoms with Gasteiger partial charge in [0.05, 0.1) is 31.8 Å². The molecule has 86 valence electrons. The number of hydrogen-bond donors (Lipinski definition) is 0. The predicted molar refractivity (Wildman–Crippen MR) is 63.4 cm³/mol. The van der Waals surface area contributed by atoms with E-state index in [2.05, 4.69) is 0 Å². The predicted octanol–water partition coefficient (Wildman–Crippen LogP) is 1.87. The Morgan fingerprint density at radius 3 is 2.18 bits per heavy atom. The fourth-order valence-electron chi connectivity index (χ4n) is 1.30. The molecule has 0 saturated heterocycles. The van der Waals surface area contributed by atoms with E-state index in [9.17, 15) is 4.79 Å². The van der Waals surface area contributed by atoms with Crippen LogP contribution in [0.5, 0.6) is 0 Å². The number of carbonyl (C=O) groups excluding carboxylic acids is 1. The van der Waals surface area contributed by atoms with Gasteiger partial charge in [0.1, 0.15) is 0 Å². The van der Waals surface area contributed by atoms with Crippen molar-refractivity contribution in [2.75, 3.05) is 19.6 Å². The average molecular weight is 248 g/mol. The Kier molecular flexibility index (Phi) is 5.16. The topological polar surface area (TPSA) is 67.9 Å². The minimum atomic E-state index is -0.132. The van der Waals surface area contributed by atoms with Crippen LogP contribution in [0.3, 0.4) is 0 Å². The molecule has 0 bridgehead atoms. The number of halogens is 1. The number of Topliss-reactive ketones (excluding diaryl/α,β-unsaturated/α-hetero) is 1. The molecular formula is C12H10ClN3O. The second-order valence-corrected chi connectivity index (χ2v) is 3.83. The van der Waals surface area contributed by atoms with Crippen LogP contribution in [0.15, 0.2) is 24.3 Å². The van der Waals surface area contributed by atoms with Crippen LogP contribution in [0.4, 0.5) is 0 Å². The summed E-state index contributed by atoms with van der Waals surface area (Å²) in [5.74, 6) is -0.132. The van der Waals surface area contributed by atoms with E-state index >= 15 is 0 Å². The van der Waals surface area contributed by atoms with E-state index in [1.165, 1.54) is 4.90 Å². The van der Waals surface area contributed by atoms with Crippen molar-refractivity contribution in [3.63, 3.8) is 0 Å². The number of carbonyl (C=O) groups is 1. The first kappa shape index (κ1) is 13.2. The molecule has 5 heteroatoms. The zero-order chi connectivity index (χ0) is 12.7. The van der Waals surface area contributed by atoms with E-state index < -0.39 is 0 Å². The molecule has 0 aliphatic carbocycles. The molecule has 0 aliphatic heterocycles. The van der Waals surface area contributed by atoms with Gasteiger partial charge in [0.25, 0.3) is 0 Å². The van der Waals surface area contributed by atoms with Crippen molar-refractivity contribution in [3.8, 4) is 12.1 Å². The molecule has 4 nitrogen and oxygen atoms in total. The monoisotopic (exact) mass is 247 g/mol. The molecule has 0 aromatic heterocycles. The summed E-state index contributed by atoms with van der Waals surface area (Å²) in [4.78, 5) is 13.3. The molecule has 0 spiro atoms. The molecule has 1 aromatic rings. The number of hydrogen-bond acceptors (Lipinski definition) is 4. The van der Waals surface area contributed by atoms with Gasteiger partial charge in [0.15, 0.2) is 5.78 Å². The van der Waals surface area contributed by atoms with Gasteiger partial charge in [-0.25, -0.2) is 0 Å². The van der Waals surface area contributed by atoms with Crippen LogP contribution >= 0.6 is 11.6 Å². The quantitative estimate of drug-likeness (QED) is 0.588. The average Bonchev–Trinajstić information content (AvgIpc) is 2.30. The van der Waals surface area contributed by atoms with Gasteiger partial charge in [0.2, 0.25) is 0 Å². The Hall–Kier alpha value is -1.88. The number of nitrogens with zero attached hydrogens (tertiary/aromatic N) is 3. The maximum absolute atomic E-state index is 11.8. The van der Waals surface area contributed by atoms with Crippen LogP contribution in [0.1, 0.15) is 10.4 Å². The van der Waals surface area contributed by atoms with E-state index in [-0.39, 0.29) is 25.4 Å². The number of benzene rings is 1. The summed E-state index contributed by atoms with van der Waals surface area (Å²) in [5, 5.41) is 17.7. The molecule has 1 aromatic carbocycles. The zero-order valence-corrected chi connectivity index (χ0v) is 9.81. The lowest BCUT2D eigenvalue weighted by atomic mass is 10.1. The van der Waals surface area contributed by atoms with Crippen molar-refractivity contribution in [1.29, 1.82) is 10.5 Å². The fraction of sp³-hybridized carbons (Fsp3) is 0.250. The van der Waals surface area contributed by atoms with Gasteiger partial charge in [0, 0.05) is 10.6 Å². The maximum Gasteiger partial charge on any atom is 0.176 e. The standard InChI is InChI=1S/C12H10ClN3O/c13-11-3-1-10(2-4-11)12(17)9-16(7-5-14)8-6-15/h1-4H,7-9H2. The molecule has 0 radical (unpaired) electrons. The van der Waals surface area contributed by atoms with Crippen LogP contribution < -0.4 is 0 Å². The number of nitriles is 2. The highest BCUT2D eigenvalue weighted by atomic mass is 35.5. The van der Waals surface area contributed by atoms with E-state index in [4.69, 9.17) is 22.1 Å². The summed E-state index contributed by atoms with van der Waals surface area (Å²) >= 11 is 5.71. The smallest absolute Gasteiger partial charge is 0.176 e. The SMILES string of the molecule is N#CCN(CC#N)CC(=O)c1ccc(Cl)cc1. The Balaban J connectivity index is 2.68. The van der Waals surface area contributed by atoms with Gasteiger partial charge in [-0.1, -0.05) is 11.6 Å². The van der Waals surface area contributed by atoms with E-state index in [0.29, 0.717) is 10.6 Å². The maximum atomic E-state index is 11.8. The third kappa shape index (κ3) is 4.24. The highest BCUT2D eigenvalue weighted by Crippen LogP contribution is 2.10. The van der Waals surface area contributed by atoms with Crippen LogP contribution in [0.25, 0.3) is 0 Å². The van der Waals surface area contributed by atoms with Crippen molar-refractivity contribution in [2.45, 2.75) is 0 Å². The molecule has 0 aliphatic rings. The summed E-state index contributed by atoms with van der Waals surface area (Å²) in [6.45, 7) is 0.183. The second-order valence-electron chi connectivity index (χ2n) is 3.39. The van der Waals surface area contributed by atoms with Gasteiger partial charge in [-0.15, -0.1) is 0 Å². The second kappa shape index (κ2) is 6.65. The molecule has 0 unspecified atom stereocenters. The lowest BCUT2D eigenvalue weighted by molar-refractivity contribution is 0.0946. The van der Waals surface area contributed by atoms with Crippen molar-refractivity contribution in [3.05, 3.63) is 34.9 Å². The Morgan fingerprint density at radius 1 is 1.18 bits per heavy atom. The van der Waals surface area contributed by atoms with E-state index in [1.807, 2.05) is 12.1 Å². The van der Waals surface area contributed by atoms with Crippen LogP contribution in [0, 0.1) is 22.7 Å². The van der Waals surface area contributed by atoms with E-state index in [0.717, 1.165) is 0 Å². The van der Waals surface area contributed by atoms with Gasteiger partial charge >= 0.3 is 0 Å². The third-order valence-electron chi connectivity index (χ3n) is 2.12. The van der Waals surface area contributed by atoms with Crippen LogP contribution in [-0.4, -0.2) is 30.3 Å². The van der Waals surface area contributed by atoms with E-state index in [1.54, 1.807) is 24.3 Å². The summed E-state index contributed by atoms with van der Waals surface area (Å²) in [5.41, 5.74) is 0.523. The number of rotatable bonds is 5. The van der Waals surface area contributed by atoms with Crippen molar-refractivity contribution in [2.24, 2.45) is 0 Å². The lowest BCUT2D eigenvalue weighted by Gasteiger charge is -2.13. The summed E-state index contributed by atoms with van der Waals surface area (Å²) in [7, 11) is 0. The van der Waals surface area contributed by atoms with Crippen molar-refractivity contribution in [1.82, 2.24) is 4.90 Å². The minimum absolute atomic E-state index is 0.0583. The molecule has 0 heterocycles. The number of ketones is 1. The molecule has 0 atom stereocenters. The highest BCUT2D eigenvalue weighted by Gasteiger charge is 2.11. The largest absolute Gasteiger partial charge is 0.293 e. The van der Waals surface area contributed by atoms with Gasteiger partial charge in [-0.2, -0.15) is 10.5 Å². The molecule has 0 fully saturated rings. The first-order chi connectivity index (χ1) is 8.17. The Morgan fingerprint density at radius 2 is 1.71 bits per heavy atom. The molecular weight excluding hydrogens is 238 g/mol. The minimum Gasteiger partial charge on any atom is -0.293 e. The zero-order valence-electron chi connectivity index (χ0n) is 9.06. The van der Waals surface area contributed by atoms with Crippen molar-refractivity contribution < 1.29 is 4.79 Å². The first-order valence-corrected chi connectivity index (χ1v) is 5.30. The molecule has 0 N–H and O–H groups in total. The third-order valence-corrected chi connectivity index (χ3v) is 2.37. The molecule has 0 saturated carbocycles. The summed E-state index contributed by atoms with van der Waals surface area (Å²) in [6, 6.07) is 10.4. The lowest BCUT2D eigenvalue weighted by Crippen LogP contribution is -2.30. The normalized spacial score (nSPS) is 9.65. The first-order valence-electron chi connectivity index (χ1n) is 4.92. The summed E-state index contributed by atoms with van der Waals surface area (Å²) < 4.78 is 0. The van der Waals surface area contributed by atoms with Crippen LogP contribution in [0.2, 0.25) is 5.02 Å². The van der Waals surface area contributed by atoms with Gasteiger partial charge in [-0.3, -0.25) is 9.69 Å². The van der Waals surface area contributed by atoms with Crippen molar-refractivity contribution >= 4 is 17.4 Å². The highest BCUT2D eigenvalue weighted by molar-refractivity contribution is 6.30. The Bertz CT molecular complexity index is 454. The van der Waals surface area contributed by atoms with Gasteiger partial charge < -0.3 is 0 Å². The fourth-order valence-corrected chi connectivity index (χ4v) is 1.42. The Labute approximate surface area is 105 Å². The molecule has 0 amide bonds. The van der Waals surface area contributed by atoms with Crippen LogP contribution in [-0.2, 0) is 0 Å². The molecule has 17 heavy (non-hydrogen) atoms. The molecule has 1 rings (SSSR count).